The lowest BCUT2D eigenvalue weighted by atomic mass is 10.2. The van der Waals surface area contributed by atoms with Gasteiger partial charge in [-0.1, -0.05) is 12.8 Å². The van der Waals surface area contributed by atoms with Crippen molar-refractivity contribution >= 4 is 22.8 Å². The number of fused-ring (bicyclic) bond motifs is 1. The largest absolute Gasteiger partial charge is 0.335 e. The van der Waals surface area contributed by atoms with Crippen molar-refractivity contribution in [3.63, 3.8) is 0 Å². The number of urea groups is 1. The first-order valence-corrected chi connectivity index (χ1v) is 8.28. The second-order valence-electron chi connectivity index (χ2n) is 6.16. The molecular formula is C17H19FN4O3. The molecule has 7 nitrogen and oxygen atoms in total. The standard InChI is InChI=1S/C17H19FN4O3/c18-11-5-6-13-14(9-11)19-10-22(16(13)24)8-7-15(23)21-17(25)20-12-3-1-2-4-12/h5-6,9-10,12H,1-4,7-8H2,(H2,20,21,23,25). The second kappa shape index (κ2) is 7.42. The topological polar surface area (TPSA) is 93.1 Å². The van der Waals surface area contributed by atoms with E-state index in [4.69, 9.17) is 0 Å². The van der Waals surface area contributed by atoms with Crippen LogP contribution in [-0.2, 0) is 11.3 Å². The molecule has 1 aliphatic rings. The number of halogens is 1. The Balaban J connectivity index is 1.57. The Morgan fingerprint density at radius 2 is 2.04 bits per heavy atom. The van der Waals surface area contributed by atoms with Gasteiger partial charge < -0.3 is 5.32 Å². The van der Waals surface area contributed by atoms with Crippen LogP contribution in [0.2, 0.25) is 0 Å². The van der Waals surface area contributed by atoms with E-state index < -0.39 is 17.8 Å². The van der Waals surface area contributed by atoms with Crippen molar-refractivity contribution in [1.29, 1.82) is 0 Å². The Kier molecular flexibility index (Phi) is 5.06. The fourth-order valence-corrected chi connectivity index (χ4v) is 2.99. The monoisotopic (exact) mass is 346 g/mol. The zero-order valence-corrected chi connectivity index (χ0v) is 13.6. The zero-order valence-electron chi connectivity index (χ0n) is 13.6. The van der Waals surface area contributed by atoms with E-state index in [1.807, 2.05) is 0 Å². The van der Waals surface area contributed by atoms with Gasteiger partial charge in [-0.05, 0) is 25.0 Å². The van der Waals surface area contributed by atoms with Gasteiger partial charge in [0.05, 0.1) is 17.2 Å². The molecule has 2 aromatic rings. The molecule has 0 saturated heterocycles. The molecule has 1 saturated carbocycles. The number of hydrogen-bond donors (Lipinski definition) is 2. The number of nitrogens with zero attached hydrogens (tertiary/aromatic N) is 2. The molecule has 0 atom stereocenters. The number of hydrogen-bond acceptors (Lipinski definition) is 4. The summed E-state index contributed by atoms with van der Waals surface area (Å²) in [7, 11) is 0. The van der Waals surface area contributed by atoms with Gasteiger partial charge in [-0.15, -0.1) is 0 Å². The first-order valence-electron chi connectivity index (χ1n) is 8.28. The van der Waals surface area contributed by atoms with E-state index in [-0.39, 0.29) is 35.5 Å². The first-order chi connectivity index (χ1) is 12.0. The molecular weight excluding hydrogens is 327 g/mol. The van der Waals surface area contributed by atoms with Crippen LogP contribution in [-0.4, -0.2) is 27.5 Å². The average molecular weight is 346 g/mol. The predicted molar refractivity (Wildman–Crippen MR) is 89.5 cm³/mol. The average Bonchev–Trinajstić information content (AvgIpc) is 3.06. The number of amides is 3. The SMILES string of the molecule is O=C(CCn1cnc2cc(F)ccc2c1=O)NC(=O)NC1CCCC1. The van der Waals surface area contributed by atoms with Gasteiger partial charge in [0.2, 0.25) is 5.91 Å². The van der Waals surface area contributed by atoms with Crippen LogP contribution in [0, 0.1) is 5.82 Å². The fourth-order valence-electron chi connectivity index (χ4n) is 2.99. The van der Waals surface area contributed by atoms with Crippen LogP contribution in [0.15, 0.2) is 29.3 Å². The Labute approximate surface area is 143 Å². The highest BCUT2D eigenvalue weighted by molar-refractivity contribution is 5.94. The van der Waals surface area contributed by atoms with E-state index >= 15 is 0 Å². The molecule has 1 aromatic heterocycles. The molecule has 0 radical (unpaired) electrons. The van der Waals surface area contributed by atoms with Crippen LogP contribution < -0.4 is 16.2 Å². The minimum absolute atomic E-state index is 0.0353. The third-order valence-electron chi connectivity index (χ3n) is 4.31. The Morgan fingerprint density at radius 3 is 2.80 bits per heavy atom. The summed E-state index contributed by atoms with van der Waals surface area (Å²) in [5.41, 5.74) is -0.0881. The molecule has 0 aliphatic heterocycles. The summed E-state index contributed by atoms with van der Waals surface area (Å²) in [6.07, 6.45) is 5.27. The number of aromatic nitrogens is 2. The van der Waals surface area contributed by atoms with Gasteiger partial charge in [0.15, 0.2) is 0 Å². The van der Waals surface area contributed by atoms with Gasteiger partial charge in [-0.25, -0.2) is 14.2 Å². The summed E-state index contributed by atoms with van der Waals surface area (Å²) < 4.78 is 14.4. The number of rotatable bonds is 4. The number of aryl methyl sites for hydroxylation is 1. The summed E-state index contributed by atoms with van der Waals surface area (Å²) in [4.78, 5) is 39.9. The van der Waals surface area contributed by atoms with Crippen molar-refractivity contribution in [2.45, 2.75) is 44.7 Å². The van der Waals surface area contributed by atoms with Gasteiger partial charge in [0, 0.05) is 25.1 Å². The van der Waals surface area contributed by atoms with Gasteiger partial charge in [0.1, 0.15) is 5.82 Å². The van der Waals surface area contributed by atoms with Crippen molar-refractivity contribution in [3.8, 4) is 0 Å². The molecule has 1 aromatic carbocycles. The number of carbonyl (C=O) groups excluding carboxylic acids is 2. The van der Waals surface area contributed by atoms with Crippen molar-refractivity contribution in [3.05, 3.63) is 40.7 Å². The summed E-state index contributed by atoms with van der Waals surface area (Å²) in [5.74, 6) is -0.939. The summed E-state index contributed by atoms with van der Waals surface area (Å²) in [5, 5.41) is 5.31. The lowest BCUT2D eigenvalue weighted by Crippen LogP contribution is -2.43. The van der Waals surface area contributed by atoms with Crippen LogP contribution in [0.25, 0.3) is 10.9 Å². The van der Waals surface area contributed by atoms with E-state index in [1.54, 1.807) is 0 Å². The minimum Gasteiger partial charge on any atom is -0.335 e. The smallest absolute Gasteiger partial charge is 0.321 e. The lowest BCUT2D eigenvalue weighted by Gasteiger charge is -2.12. The molecule has 3 amide bonds. The van der Waals surface area contributed by atoms with E-state index in [0.29, 0.717) is 0 Å². The fraction of sp³-hybridized carbons (Fsp3) is 0.412. The van der Waals surface area contributed by atoms with Gasteiger partial charge in [-0.3, -0.25) is 19.5 Å². The maximum Gasteiger partial charge on any atom is 0.321 e. The molecule has 1 aliphatic carbocycles. The molecule has 0 unspecified atom stereocenters. The quantitative estimate of drug-likeness (QED) is 0.881. The molecule has 0 spiro atoms. The first kappa shape index (κ1) is 17.1. The van der Waals surface area contributed by atoms with Crippen LogP contribution in [0.4, 0.5) is 9.18 Å². The Morgan fingerprint density at radius 1 is 1.28 bits per heavy atom. The normalized spacial score (nSPS) is 14.6. The zero-order chi connectivity index (χ0) is 17.8. The van der Waals surface area contributed by atoms with Crippen LogP contribution in [0.1, 0.15) is 32.1 Å². The van der Waals surface area contributed by atoms with Gasteiger partial charge in [0.25, 0.3) is 5.56 Å². The van der Waals surface area contributed by atoms with Crippen molar-refractivity contribution in [2.24, 2.45) is 0 Å². The van der Waals surface area contributed by atoms with Crippen molar-refractivity contribution < 1.29 is 14.0 Å². The van der Waals surface area contributed by atoms with Crippen LogP contribution in [0.5, 0.6) is 0 Å². The molecule has 8 heteroatoms. The summed E-state index contributed by atoms with van der Waals surface area (Å²) in [6.45, 7) is 0.0850. The number of imide groups is 1. The van der Waals surface area contributed by atoms with E-state index in [2.05, 4.69) is 15.6 Å². The molecule has 2 N–H and O–H groups in total. The highest BCUT2D eigenvalue weighted by Gasteiger charge is 2.18. The minimum atomic E-state index is -0.503. The maximum atomic E-state index is 13.2. The van der Waals surface area contributed by atoms with Crippen LogP contribution >= 0.6 is 0 Å². The van der Waals surface area contributed by atoms with E-state index in [1.165, 1.54) is 29.1 Å². The molecule has 1 fully saturated rings. The molecule has 132 valence electrons. The highest BCUT2D eigenvalue weighted by atomic mass is 19.1. The molecule has 1 heterocycles. The Bertz CT molecular complexity index is 859. The van der Waals surface area contributed by atoms with Gasteiger partial charge >= 0.3 is 6.03 Å². The second-order valence-corrected chi connectivity index (χ2v) is 6.16. The highest BCUT2D eigenvalue weighted by Crippen LogP contribution is 2.17. The Hall–Kier alpha value is -2.77. The third kappa shape index (κ3) is 4.20. The van der Waals surface area contributed by atoms with Crippen LogP contribution in [0.3, 0.4) is 0 Å². The van der Waals surface area contributed by atoms with Gasteiger partial charge in [-0.2, -0.15) is 0 Å². The molecule has 3 rings (SSSR count). The lowest BCUT2D eigenvalue weighted by molar-refractivity contribution is -0.120. The van der Waals surface area contributed by atoms with E-state index in [9.17, 15) is 18.8 Å². The predicted octanol–water partition coefficient (Wildman–Crippen LogP) is 1.69. The number of benzene rings is 1. The van der Waals surface area contributed by atoms with Crippen molar-refractivity contribution in [2.75, 3.05) is 0 Å². The summed E-state index contributed by atoms with van der Waals surface area (Å²) in [6, 6.07) is 3.36. The molecule has 25 heavy (non-hydrogen) atoms. The van der Waals surface area contributed by atoms with Crippen molar-refractivity contribution in [1.82, 2.24) is 20.2 Å². The maximum absolute atomic E-state index is 13.2. The third-order valence-corrected chi connectivity index (χ3v) is 4.31. The van der Waals surface area contributed by atoms with E-state index in [0.717, 1.165) is 25.7 Å². The summed E-state index contributed by atoms with van der Waals surface area (Å²) >= 11 is 0. The number of carbonyl (C=O) groups is 2. The number of nitrogens with one attached hydrogen (secondary N) is 2. The molecule has 0 bridgehead atoms.